The monoisotopic (exact) mass is 231 g/mol. The van der Waals surface area contributed by atoms with E-state index in [-0.39, 0.29) is 0 Å². The molecule has 0 amide bonds. The van der Waals surface area contributed by atoms with Crippen LogP contribution in [-0.4, -0.2) is 9.19 Å². The summed E-state index contributed by atoms with van der Waals surface area (Å²) in [6, 6.07) is 13.6. The Hall–Kier alpha value is -1.48. The van der Waals surface area contributed by atoms with Gasteiger partial charge in [-0.1, -0.05) is 30.3 Å². The van der Waals surface area contributed by atoms with Gasteiger partial charge < -0.3 is 0 Å². The molecule has 2 aromatic rings. The summed E-state index contributed by atoms with van der Waals surface area (Å²) in [7, 11) is -1.06. The molecule has 0 spiro atoms. The van der Waals surface area contributed by atoms with Gasteiger partial charge in [0.1, 0.15) is 5.03 Å². The van der Waals surface area contributed by atoms with Crippen LogP contribution in [0.5, 0.6) is 0 Å². The summed E-state index contributed by atoms with van der Waals surface area (Å²) in [5.41, 5.74) is 2.16. The molecule has 2 nitrogen and oxygen atoms in total. The molecule has 0 aliphatic heterocycles. The summed E-state index contributed by atoms with van der Waals surface area (Å²) in [5.74, 6) is 0.525. The molecule has 1 atom stereocenters. The van der Waals surface area contributed by atoms with Gasteiger partial charge in [-0.15, -0.1) is 0 Å². The Morgan fingerprint density at radius 3 is 2.62 bits per heavy atom. The molecule has 0 aliphatic rings. The van der Waals surface area contributed by atoms with Crippen LogP contribution in [0.2, 0.25) is 0 Å². The first kappa shape index (κ1) is 11.0. The smallest absolute Gasteiger partial charge is 0.127 e. The minimum absolute atomic E-state index is 0.525. The maximum absolute atomic E-state index is 12.0. The minimum atomic E-state index is -1.06. The predicted molar refractivity (Wildman–Crippen MR) is 65.5 cm³/mol. The van der Waals surface area contributed by atoms with E-state index in [4.69, 9.17) is 0 Å². The molecule has 1 aromatic heterocycles. The molecule has 2 rings (SSSR count). The largest absolute Gasteiger partial charge is 0.252 e. The zero-order chi connectivity index (χ0) is 11.4. The maximum atomic E-state index is 12.0. The fourth-order valence-corrected chi connectivity index (χ4v) is 2.57. The molecule has 0 radical (unpaired) electrons. The van der Waals surface area contributed by atoms with Crippen LogP contribution in [0.25, 0.3) is 0 Å². The summed E-state index contributed by atoms with van der Waals surface area (Å²) >= 11 is 0. The van der Waals surface area contributed by atoms with E-state index in [9.17, 15) is 4.21 Å². The zero-order valence-electron chi connectivity index (χ0n) is 9.09. The molecule has 3 heteroatoms. The number of aryl methyl sites for hydroxylation is 1. The first-order valence-corrected chi connectivity index (χ1v) is 6.42. The molecule has 0 bridgehead atoms. The maximum Gasteiger partial charge on any atom is 0.127 e. The second-order valence-corrected chi connectivity index (χ2v) is 5.04. The van der Waals surface area contributed by atoms with Crippen LogP contribution in [0, 0.1) is 6.92 Å². The van der Waals surface area contributed by atoms with Crippen molar-refractivity contribution < 1.29 is 4.21 Å². The Labute approximate surface area is 97.8 Å². The molecule has 0 aliphatic carbocycles. The quantitative estimate of drug-likeness (QED) is 0.813. The van der Waals surface area contributed by atoms with Crippen LogP contribution in [0.1, 0.15) is 11.1 Å². The zero-order valence-corrected chi connectivity index (χ0v) is 9.91. The van der Waals surface area contributed by atoms with Gasteiger partial charge in [-0.3, -0.25) is 4.21 Å². The summed E-state index contributed by atoms with van der Waals surface area (Å²) in [5, 5.41) is 0.656. The van der Waals surface area contributed by atoms with Crippen LogP contribution < -0.4 is 0 Å². The average Bonchev–Trinajstić information content (AvgIpc) is 2.30. The minimum Gasteiger partial charge on any atom is -0.252 e. The lowest BCUT2D eigenvalue weighted by Crippen LogP contribution is -1.99. The van der Waals surface area contributed by atoms with E-state index in [1.165, 1.54) is 0 Å². The molecule has 0 saturated heterocycles. The van der Waals surface area contributed by atoms with Gasteiger partial charge in [-0.05, 0) is 30.2 Å². The number of benzene rings is 1. The number of pyridine rings is 1. The summed E-state index contributed by atoms with van der Waals surface area (Å²) < 4.78 is 12.0. The Bertz CT molecular complexity index is 496. The summed E-state index contributed by atoms with van der Waals surface area (Å²) in [6.45, 7) is 1.98. The van der Waals surface area contributed by atoms with Crippen molar-refractivity contribution in [3.8, 4) is 0 Å². The van der Waals surface area contributed by atoms with Crippen LogP contribution in [0.15, 0.2) is 53.7 Å². The Morgan fingerprint density at radius 2 is 1.94 bits per heavy atom. The average molecular weight is 231 g/mol. The van der Waals surface area contributed by atoms with Crippen molar-refractivity contribution in [3.05, 3.63) is 59.8 Å². The van der Waals surface area contributed by atoms with E-state index in [2.05, 4.69) is 4.98 Å². The van der Waals surface area contributed by atoms with Crippen molar-refractivity contribution in [1.29, 1.82) is 0 Å². The van der Waals surface area contributed by atoms with Gasteiger partial charge >= 0.3 is 0 Å². The molecule has 0 saturated carbocycles. The van der Waals surface area contributed by atoms with E-state index in [0.717, 1.165) is 11.1 Å². The van der Waals surface area contributed by atoms with E-state index >= 15 is 0 Å². The summed E-state index contributed by atoms with van der Waals surface area (Å²) in [6.07, 6.45) is 1.70. The Balaban J connectivity index is 2.15. The third-order valence-electron chi connectivity index (χ3n) is 2.26. The van der Waals surface area contributed by atoms with Crippen molar-refractivity contribution in [2.24, 2.45) is 0 Å². The van der Waals surface area contributed by atoms with Gasteiger partial charge in [0.05, 0.1) is 16.6 Å². The van der Waals surface area contributed by atoms with Gasteiger partial charge in [0.2, 0.25) is 0 Å². The van der Waals surface area contributed by atoms with Crippen LogP contribution in [0.3, 0.4) is 0 Å². The van der Waals surface area contributed by atoms with Crippen molar-refractivity contribution in [1.82, 2.24) is 4.98 Å². The fraction of sp³-hybridized carbons (Fsp3) is 0.154. The normalized spacial score (nSPS) is 12.3. The lowest BCUT2D eigenvalue weighted by Gasteiger charge is -2.02. The SMILES string of the molecule is Cc1ccnc(S(=O)Cc2ccccc2)c1. The van der Waals surface area contributed by atoms with Crippen LogP contribution in [0.4, 0.5) is 0 Å². The van der Waals surface area contributed by atoms with Gasteiger partial charge in [0, 0.05) is 6.20 Å². The number of rotatable bonds is 3. The highest BCUT2D eigenvalue weighted by molar-refractivity contribution is 7.84. The van der Waals surface area contributed by atoms with Crippen molar-refractivity contribution in [2.45, 2.75) is 17.7 Å². The second-order valence-electron chi connectivity index (χ2n) is 3.65. The highest BCUT2D eigenvalue weighted by Gasteiger charge is 2.06. The summed E-state index contributed by atoms with van der Waals surface area (Å²) in [4.78, 5) is 4.14. The number of hydrogen-bond acceptors (Lipinski definition) is 2. The molecular formula is C13H13NOS. The molecule has 1 heterocycles. The van der Waals surface area contributed by atoms with E-state index in [1.807, 2.05) is 49.4 Å². The second kappa shape index (κ2) is 5.03. The first-order chi connectivity index (χ1) is 7.75. The van der Waals surface area contributed by atoms with Crippen molar-refractivity contribution in [3.63, 3.8) is 0 Å². The molecule has 1 aromatic carbocycles. The molecule has 0 fully saturated rings. The molecule has 0 N–H and O–H groups in total. The van der Waals surface area contributed by atoms with E-state index in [1.54, 1.807) is 6.20 Å². The number of hydrogen-bond donors (Lipinski definition) is 0. The lowest BCUT2D eigenvalue weighted by molar-refractivity contribution is 0.679. The highest BCUT2D eigenvalue weighted by atomic mass is 32.2. The Morgan fingerprint density at radius 1 is 1.19 bits per heavy atom. The van der Waals surface area contributed by atoms with E-state index in [0.29, 0.717) is 10.8 Å². The third kappa shape index (κ3) is 2.76. The number of nitrogens with zero attached hydrogens (tertiary/aromatic N) is 1. The van der Waals surface area contributed by atoms with Crippen molar-refractivity contribution in [2.75, 3.05) is 0 Å². The molecule has 1 unspecified atom stereocenters. The molecular weight excluding hydrogens is 218 g/mol. The van der Waals surface area contributed by atoms with E-state index < -0.39 is 10.8 Å². The van der Waals surface area contributed by atoms with Gasteiger partial charge in [-0.25, -0.2) is 4.98 Å². The lowest BCUT2D eigenvalue weighted by atomic mass is 10.2. The fourth-order valence-electron chi connectivity index (χ4n) is 1.43. The topological polar surface area (TPSA) is 30.0 Å². The van der Waals surface area contributed by atoms with Gasteiger partial charge in [-0.2, -0.15) is 0 Å². The molecule has 16 heavy (non-hydrogen) atoms. The van der Waals surface area contributed by atoms with Crippen LogP contribution >= 0.6 is 0 Å². The van der Waals surface area contributed by atoms with Crippen LogP contribution in [-0.2, 0) is 16.6 Å². The van der Waals surface area contributed by atoms with Crippen molar-refractivity contribution >= 4 is 10.8 Å². The highest BCUT2D eigenvalue weighted by Crippen LogP contribution is 2.11. The molecule has 82 valence electrons. The predicted octanol–water partition coefficient (Wildman–Crippen LogP) is 2.70. The number of aromatic nitrogens is 1. The standard InChI is InChI=1S/C13H13NOS/c1-11-7-8-14-13(9-11)16(15)10-12-5-3-2-4-6-12/h2-9H,10H2,1H3. The van der Waals surface area contributed by atoms with Gasteiger partial charge in [0.15, 0.2) is 0 Å². The first-order valence-electron chi connectivity index (χ1n) is 5.10. The Kier molecular flexibility index (Phi) is 3.47. The third-order valence-corrected chi connectivity index (χ3v) is 3.55. The van der Waals surface area contributed by atoms with Gasteiger partial charge in [0.25, 0.3) is 0 Å².